The van der Waals surface area contributed by atoms with Gasteiger partial charge >= 0.3 is 5.97 Å². The Morgan fingerprint density at radius 2 is 1.91 bits per heavy atom. The summed E-state index contributed by atoms with van der Waals surface area (Å²) in [6, 6.07) is 14.2. The molecular formula is C17H19NO4. The molecule has 0 fully saturated rings. The highest BCUT2D eigenvalue weighted by Crippen LogP contribution is 2.16. The van der Waals surface area contributed by atoms with Crippen molar-refractivity contribution in [2.75, 3.05) is 13.7 Å². The maximum absolute atomic E-state index is 11.8. The molecule has 0 radical (unpaired) electrons. The van der Waals surface area contributed by atoms with Crippen molar-refractivity contribution in [2.24, 2.45) is 0 Å². The molecular weight excluding hydrogens is 282 g/mol. The molecule has 0 saturated carbocycles. The van der Waals surface area contributed by atoms with Crippen LogP contribution in [0, 0.1) is 0 Å². The third-order valence-corrected chi connectivity index (χ3v) is 3.50. The van der Waals surface area contributed by atoms with Crippen molar-refractivity contribution < 1.29 is 19.4 Å². The maximum Gasteiger partial charge on any atom is 0.334 e. The third-order valence-electron chi connectivity index (χ3n) is 3.50. The minimum Gasteiger partial charge on any atom is -0.479 e. The maximum atomic E-state index is 11.8. The normalized spacial score (nSPS) is 12.0. The van der Waals surface area contributed by atoms with E-state index in [1.54, 1.807) is 0 Å². The van der Waals surface area contributed by atoms with Gasteiger partial charge in [0.25, 0.3) is 0 Å². The minimum absolute atomic E-state index is 0.0254. The zero-order valence-corrected chi connectivity index (χ0v) is 12.4. The molecule has 116 valence electrons. The number of ether oxygens (including phenoxy) is 1. The second kappa shape index (κ2) is 7.56. The summed E-state index contributed by atoms with van der Waals surface area (Å²) in [5.74, 6) is -1.27. The molecule has 1 atom stereocenters. The van der Waals surface area contributed by atoms with Crippen molar-refractivity contribution in [1.82, 2.24) is 5.32 Å². The first-order valence-corrected chi connectivity index (χ1v) is 7.10. The Hall–Kier alpha value is -2.40. The fourth-order valence-corrected chi connectivity index (χ4v) is 2.22. The van der Waals surface area contributed by atoms with Gasteiger partial charge in [-0.3, -0.25) is 4.79 Å². The van der Waals surface area contributed by atoms with E-state index in [9.17, 15) is 9.59 Å². The highest BCUT2D eigenvalue weighted by Gasteiger charge is 2.16. The molecule has 5 nitrogen and oxygen atoms in total. The van der Waals surface area contributed by atoms with Gasteiger partial charge in [-0.1, -0.05) is 42.5 Å². The van der Waals surface area contributed by atoms with Gasteiger partial charge in [-0.25, -0.2) is 4.79 Å². The summed E-state index contributed by atoms with van der Waals surface area (Å²) in [6.07, 6.45) is -0.0832. The van der Waals surface area contributed by atoms with Crippen LogP contribution in [0.4, 0.5) is 0 Å². The zero-order chi connectivity index (χ0) is 15.9. The molecule has 22 heavy (non-hydrogen) atoms. The summed E-state index contributed by atoms with van der Waals surface area (Å²) in [5.41, 5.74) is 1.08. The number of benzene rings is 2. The van der Waals surface area contributed by atoms with E-state index < -0.39 is 12.1 Å². The molecule has 5 heteroatoms. The second-order valence-electron chi connectivity index (χ2n) is 5.05. The summed E-state index contributed by atoms with van der Waals surface area (Å²) >= 11 is 0. The molecule has 0 saturated heterocycles. The molecule has 2 N–H and O–H groups in total. The molecule has 0 bridgehead atoms. The highest BCUT2D eigenvalue weighted by molar-refractivity contribution is 5.83. The number of aliphatic carboxylic acids is 1. The van der Waals surface area contributed by atoms with E-state index in [2.05, 4.69) is 11.4 Å². The van der Waals surface area contributed by atoms with Crippen molar-refractivity contribution >= 4 is 22.6 Å². The Morgan fingerprint density at radius 1 is 1.18 bits per heavy atom. The molecule has 2 aromatic carbocycles. The standard InChI is InChI=1S/C17H19NO4/c1-22-15(17(20)21)11-18-16(19)9-7-12-6-8-13-4-2-3-5-14(13)10-12/h2-6,8,10,15H,7,9,11H2,1H3,(H,18,19)(H,20,21). The molecule has 0 spiro atoms. The van der Waals surface area contributed by atoms with E-state index >= 15 is 0 Å². The van der Waals surface area contributed by atoms with Crippen LogP contribution in [0.5, 0.6) is 0 Å². The quantitative estimate of drug-likeness (QED) is 0.820. The average Bonchev–Trinajstić information content (AvgIpc) is 2.53. The first kappa shape index (κ1) is 16.0. The molecule has 2 aromatic rings. The van der Waals surface area contributed by atoms with Crippen LogP contribution in [-0.2, 0) is 20.7 Å². The number of rotatable bonds is 7. The largest absolute Gasteiger partial charge is 0.479 e. The second-order valence-corrected chi connectivity index (χ2v) is 5.05. The number of nitrogens with one attached hydrogen (secondary N) is 1. The van der Waals surface area contributed by atoms with Crippen LogP contribution < -0.4 is 5.32 Å². The number of carbonyl (C=O) groups excluding carboxylic acids is 1. The van der Waals surface area contributed by atoms with E-state index in [0.29, 0.717) is 12.8 Å². The van der Waals surface area contributed by atoms with Crippen LogP contribution in [0.25, 0.3) is 10.8 Å². The van der Waals surface area contributed by atoms with Crippen molar-refractivity contribution in [3.8, 4) is 0 Å². The van der Waals surface area contributed by atoms with Gasteiger partial charge < -0.3 is 15.2 Å². The monoisotopic (exact) mass is 301 g/mol. The van der Waals surface area contributed by atoms with Gasteiger partial charge in [-0.15, -0.1) is 0 Å². The van der Waals surface area contributed by atoms with Crippen LogP contribution in [0.1, 0.15) is 12.0 Å². The molecule has 0 aliphatic rings. The summed E-state index contributed by atoms with van der Waals surface area (Å²) in [4.78, 5) is 22.5. The molecule has 2 rings (SSSR count). The Kier molecular flexibility index (Phi) is 5.49. The molecule has 1 unspecified atom stereocenters. The number of amides is 1. The lowest BCUT2D eigenvalue weighted by Gasteiger charge is -2.11. The van der Waals surface area contributed by atoms with Gasteiger partial charge in [0.2, 0.25) is 5.91 Å². The van der Waals surface area contributed by atoms with Crippen LogP contribution in [0.3, 0.4) is 0 Å². The number of fused-ring (bicyclic) bond motifs is 1. The van der Waals surface area contributed by atoms with Crippen molar-refractivity contribution in [3.63, 3.8) is 0 Å². The Morgan fingerprint density at radius 3 is 2.59 bits per heavy atom. The van der Waals surface area contributed by atoms with E-state index in [1.165, 1.54) is 12.5 Å². The number of carboxylic acids is 1. The Labute approximate surface area is 128 Å². The smallest absolute Gasteiger partial charge is 0.334 e. The van der Waals surface area contributed by atoms with Crippen LogP contribution in [-0.4, -0.2) is 36.7 Å². The average molecular weight is 301 g/mol. The number of aryl methyl sites for hydroxylation is 1. The first-order valence-electron chi connectivity index (χ1n) is 7.10. The van der Waals surface area contributed by atoms with E-state index in [0.717, 1.165) is 10.9 Å². The van der Waals surface area contributed by atoms with Gasteiger partial charge in [0, 0.05) is 13.5 Å². The van der Waals surface area contributed by atoms with Gasteiger partial charge in [-0.2, -0.15) is 0 Å². The summed E-state index contributed by atoms with van der Waals surface area (Å²) in [5, 5.41) is 13.7. The molecule has 0 heterocycles. The first-order chi connectivity index (χ1) is 10.6. The van der Waals surface area contributed by atoms with Crippen molar-refractivity contribution in [2.45, 2.75) is 18.9 Å². The number of carboxylic acid groups (broad SMARTS) is 1. The fourth-order valence-electron chi connectivity index (χ4n) is 2.22. The number of methoxy groups -OCH3 is 1. The third kappa shape index (κ3) is 4.30. The van der Waals surface area contributed by atoms with Crippen molar-refractivity contribution in [1.29, 1.82) is 0 Å². The predicted octanol–water partition coefficient (Wildman–Crippen LogP) is 1.99. The van der Waals surface area contributed by atoms with Crippen molar-refractivity contribution in [3.05, 3.63) is 48.0 Å². The van der Waals surface area contributed by atoms with E-state index in [-0.39, 0.29) is 12.5 Å². The summed E-state index contributed by atoms with van der Waals surface area (Å²) in [6.45, 7) is -0.0254. The number of carbonyl (C=O) groups is 2. The molecule has 0 aliphatic carbocycles. The van der Waals surface area contributed by atoms with Gasteiger partial charge in [0.05, 0.1) is 6.54 Å². The van der Waals surface area contributed by atoms with Gasteiger partial charge in [0.1, 0.15) is 0 Å². The minimum atomic E-state index is -1.09. The van der Waals surface area contributed by atoms with E-state index in [4.69, 9.17) is 9.84 Å². The lowest BCUT2D eigenvalue weighted by Crippen LogP contribution is -2.37. The zero-order valence-electron chi connectivity index (χ0n) is 12.4. The van der Waals surface area contributed by atoms with Crippen LogP contribution in [0.15, 0.2) is 42.5 Å². The molecule has 0 aromatic heterocycles. The lowest BCUT2D eigenvalue weighted by molar-refractivity contribution is -0.148. The van der Waals surface area contributed by atoms with Gasteiger partial charge in [-0.05, 0) is 22.8 Å². The Balaban J connectivity index is 1.86. The summed E-state index contributed by atoms with van der Waals surface area (Å²) in [7, 11) is 1.31. The summed E-state index contributed by atoms with van der Waals surface area (Å²) < 4.78 is 4.76. The van der Waals surface area contributed by atoms with Crippen LogP contribution >= 0.6 is 0 Å². The predicted molar refractivity (Wildman–Crippen MR) is 83.7 cm³/mol. The molecule has 0 aliphatic heterocycles. The lowest BCUT2D eigenvalue weighted by atomic mass is 10.0. The SMILES string of the molecule is COC(CNC(=O)CCc1ccc2ccccc2c1)C(=O)O. The van der Waals surface area contributed by atoms with Crippen LogP contribution in [0.2, 0.25) is 0 Å². The topological polar surface area (TPSA) is 75.6 Å². The fraction of sp³-hybridized carbons (Fsp3) is 0.294. The number of hydrogen-bond donors (Lipinski definition) is 2. The molecule has 1 amide bonds. The van der Waals surface area contributed by atoms with E-state index in [1.807, 2.05) is 36.4 Å². The highest BCUT2D eigenvalue weighted by atomic mass is 16.5. The van der Waals surface area contributed by atoms with Gasteiger partial charge in [0.15, 0.2) is 6.10 Å². The Bertz CT molecular complexity index is 669. The number of hydrogen-bond acceptors (Lipinski definition) is 3.